The van der Waals surface area contributed by atoms with E-state index in [2.05, 4.69) is 36.2 Å². The predicted molar refractivity (Wildman–Crippen MR) is 62.9 cm³/mol. The Balaban J connectivity index is 3.23. The standard InChI is InChI=1S/C10H19N5/c1-10(2,3)9-12-7(14-11)6-8(13-9)15(4)5/h6H,11H2,1-5H3,(H,12,13,14). The third-order valence-corrected chi connectivity index (χ3v) is 1.99. The van der Waals surface area contributed by atoms with Gasteiger partial charge in [-0.15, -0.1) is 0 Å². The van der Waals surface area contributed by atoms with Gasteiger partial charge >= 0.3 is 0 Å². The first kappa shape index (κ1) is 11.7. The Morgan fingerprint density at radius 1 is 1.27 bits per heavy atom. The number of rotatable bonds is 2. The van der Waals surface area contributed by atoms with Gasteiger partial charge in [0.15, 0.2) is 0 Å². The van der Waals surface area contributed by atoms with Gasteiger partial charge in [0.25, 0.3) is 0 Å². The Morgan fingerprint density at radius 2 is 1.87 bits per heavy atom. The Morgan fingerprint density at radius 3 is 2.27 bits per heavy atom. The summed E-state index contributed by atoms with van der Waals surface area (Å²) in [5, 5.41) is 0. The summed E-state index contributed by atoms with van der Waals surface area (Å²) in [7, 11) is 3.88. The highest BCUT2D eigenvalue weighted by atomic mass is 15.3. The second-order valence-electron chi connectivity index (χ2n) is 4.72. The van der Waals surface area contributed by atoms with Crippen LogP contribution in [0.5, 0.6) is 0 Å². The van der Waals surface area contributed by atoms with E-state index in [1.54, 1.807) is 0 Å². The first-order valence-corrected chi connectivity index (χ1v) is 4.88. The van der Waals surface area contributed by atoms with Crippen molar-refractivity contribution in [2.45, 2.75) is 26.2 Å². The largest absolute Gasteiger partial charge is 0.363 e. The summed E-state index contributed by atoms with van der Waals surface area (Å²) in [5.41, 5.74) is 2.47. The zero-order chi connectivity index (χ0) is 11.6. The molecule has 0 bridgehead atoms. The molecule has 3 N–H and O–H groups in total. The number of nitrogens with two attached hydrogens (primary N) is 1. The van der Waals surface area contributed by atoms with E-state index in [1.165, 1.54) is 0 Å². The molecule has 1 aromatic heterocycles. The van der Waals surface area contributed by atoms with Crippen LogP contribution in [0.1, 0.15) is 26.6 Å². The predicted octanol–water partition coefficient (Wildman–Crippen LogP) is 1.13. The van der Waals surface area contributed by atoms with Crippen LogP contribution in [0.25, 0.3) is 0 Å². The van der Waals surface area contributed by atoms with Crippen LogP contribution < -0.4 is 16.2 Å². The maximum Gasteiger partial charge on any atom is 0.145 e. The van der Waals surface area contributed by atoms with Gasteiger partial charge in [-0.1, -0.05) is 20.8 Å². The van der Waals surface area contributed by atoms with Gasteiger partial charge in [-0.05, 0) is 0 Å². The van der Waals surface area contributed by atoms with Gasteiger partial charge in [-0.2, -0.15) is 0 Å². The lowest BCUT2D eigenvalue weighted by atomic mass is 9.96. The Hall–Kier alpha value is -1.36. The van der Waals surface area contributed by atoms with Crippen LogP contribution in [-0.2, 0) is 5.41 Å². The third kappa shape index (κ3) is 2.79. The second kappa shape index (κ2) is 4.02. The molecule has 0 fully saturated rings. The molecule has 0 amide bonds. The average Bonchev–Trinajstić information content (AvgIpc) is 2.15. The molecule has 0 unspecified atom stereocenters. The summed E-state index contributed by atoms with van der Waals surface area (Å²) in [4.78, 5) is 10.7. The van der Waals surface area contributed by atoms with Gasteiger partial charge in [-0.3, -0.25) is 0 Å². The number of hydrogen-bond acceptors (Lipinski definition) is 5. The molecule has 15 heavy (non-hydrogen) atoms. The zero-order valence-corrected chi connectivity index (χ0v) is 10.00. The Labute approximate surface area is 90.7 Å². The van der Waals surface area contributed by atoms with Crippen molar-refractivity contribution in [2.75, 3.05) is 24.4 Å². The van der Waals surface area contributed by atoms with Gasteiger partial charge in [0, 0.05) is 25.6 Å². The van der Waals surface area contributed by atoms with E-state index in [9.17, 15) is 0 Å². The third-order valence-electron chi connectivity index (χ3n) is 1.99. The van der Waals surface area contributed by atoms with Crippen LogP contribution in [0.4, 0.5) is 11.6 Å². The molecular formula is C10H19N5. The van der Waals surface area contributed by atoms with E-state index < -0.39 is 0 Å². The highest BCUT2D eigenvalue weighted by molar-refractivity contribution is 5.48. The molecular weight excluding hydrogens is 190 g/mol. The summed E-state index contributed by atoms with van der Waals surface area (Å²) >= 11 is 0. The van der Waals surface area contributed by atoms with Crippen LogP contribution in [0, 0.1) is 0 Å². The lowest BCUT2D eigenvalue weighted by Gasteiger charge is -2.20. The van der Waals surface area contributed by atoms with Crippen molar-refractivity contribution < 1.29 is 0 Å². The summed E-state index contributed by atoms with van der Waals surface area (Å²) in [6.07, 6.45) is 0. The minimum atomic E-state index is -0.0857. The lowest BCUT2D eigenvalue weighted by molar-refractivity contribution is 0.546. The molecule has 1 rings (SSSR count). The van der Waals surface area contributed by atoms with Gasteiger partial charge in [-0.25, -0.2) is 15.8 Å². The molecule has 5 heteroatoms. The van der Waals surface area contributed by atoms with Crippen molar-refractivity contribution in [2.24, 2.45) is 5.84 Å². The molecule has 0 spiro atoms. The number of nitrogen functional groups attached to an aromatic ring is 1. The van der Waals surface area contributed by atoms with Crippen molar-refractivity contribution in [3.05, 3.63) is 11.9 Å². The van der Waals surface area contributed by atoms with Gasteiger partial charge in [0.1, 0.15) is 17.5 Å². The van der Waals surface area contributed by atoms with Crippen LogP contribution in [0.3, 0.4) is 0 Å². The molecule has 0 aromatic carbocycles. The highest BCUT2D eigenvalue weighted by Crippen LogP contribution is 2.22. The molecule has 1 aromatic rings. The number of anilines is 2. The van der Waals surface area contributed by atoms with Crippen molar-refractivity contribution in [1.82, 2.24) is 9.97 Å². The molecule has 0 radical (unpaired) electrons. The minimum Gasteiger partial charge on any atom is -0.363 e. The quantitative estimate of drug-likeness (QED) is 0.564. The zero-order valence-electron chi connectivity index (χ0n) is 10.00. The van der Waals surface area contributed by atoms with E-state index in [4.69, 9.17) is 5.84 Å². The van der Waals surface area contributed by atoms with Crippen molar-refractivity contribution in [1.29, 1.82) is 0 Å². The van der Waals surface area contributed by atoms with Crippen LogP contribution in [0.2, 0.25) is 0 Å². The summed E-state index contributed by atoms with van der Waals surface area (Å²) in [6, 6.07) is 1.81. The summed E-state index contributed by atoms with van der Waals surface area (Å²) in [6.45, 7) is 6.21. The fourth-order valence-electron chi connectivity index (χ4n) is 1.07. The maximum atomic E-state index is 5.37. The Bertz CT molecular complexity index is 340. The number of nitrogens with one attached hydrogen (secondary N) is 1. The fourth-order valence-corrected chi connectivity index (χ4v) is 1.07. The number of aromatic nitrogens is 2. The molecule has 0 saturated heterocycles. The highest BCUT2D eigenvalue weighted by Gasteiger charge is 2.19. The van der Waals surface area contributed by atoms with Crippen molar-refractivity contribution in [3.63, 3.8) is 0 Å². The van der Waals surface area contributed by atoms with E-state index >= 15 is 0 Å². The fraction of sp³-hybridized carbons (Fsp3) is 0.600. The number of hydrazine groups is 1. The molecule has 5 nitrogen and oxygen atoms in total. The van der Waals surface area contributed by atoms with Crippen molar-refractivity contribution in [3.8, 4) is 0 Å². The van der Waals surface area contributed by atoms with Gasteiger partial charge in [0.2, 0.25) is 0 Å². The molecule has 1 heterocycles. The summed E-state index contributed by atoms with van der Waals surface area (Å²) in [5.74, 6) is 7.64. The SMILES string of the molecule is CN(C)c1cc(NN)nc(C(C)(C)C)n1. The second-order valence-corrected chi connectivity index (χ2v) is 4.72. The van der Waals surface area contributed by atoms with E-state index in [1.807, 2.05) is 25.1 Å². The lowest BCUT2D eigenvalue weighted by Crippen LogP contribution is -2.21. The molecule has 0 saturated carbocycles. The molecule has 0 aliphatic rings. The average molecular weight is 209 g/mol. The van der Waals surface area contributed by atoms with Crippen LogP contribution in [0.15, 0.2) is 6.07 Å². The smallest absolute Gasteiger partial charge is 0.145 e. The van der Waals surface area contributed by atoms with Gasteiger partial charge < -0.3 is 10.3 Å². The first-order valence-electron chi connectivity index (χ1n) is 4.88. The van der Waals surface area contributed by atoms with Crippen LogP contribution in [-0.4, -0.2) is 24.1 Å². The topological polar surface area (TPSA) is 67.1 Å². The monoisotopic (exact) mass is 209 g/mol. The molecule has 0 atom stereocenters. The number of nitrogens with zero attached hydrogens (tertiary/aromatic N) is 3. The molecule has 0 aliphatic heterocycles. The number of hydrogen-bond donors (Lipinski definition) is 2. The van der Waals surface area contributed by atoms with E-state index in [0.29, 0.717) is 5.82 Å². The van der Waals surface area contributed by atoms with Crippen LogP contribution >= 0.6 is 0 Å². The van der Waals surface area contributed by atoms with E-state index in [0.717, 1.165) is 11.6 Å². The Kier molecular flexibility index (Phi) is 3.14. The maximum absolute atomic E-state index is 5.37. The molecule has 0 aliphatic carbocycles. The van der Waals surface area contributed by atoms with Crippen molar-refractivity contribution >= 4 is 11.6 Å². The molecule has 84 valence electrons. The normalized spacial score (nSPS) is 11.3. The first-order chi connectivity index (χ1) is 6.84. The minimum absolute atomic E-state index is 0.0857. The van der Waals surface area contributed by atoms with Gasteiger partial charge in [0.05, 0.1) is 0 Å². The van der Waals surface area contributed by atoms with E-state index in [-0.39, 0.29) is 5.41 Å². The summed E-state index contributed by atoms with van der Waals surface area (Å²) < 4.78 is 0.